The Morgan fingerprint density at radius 3 is 2.44 bits per heavy atom. The van der Waals surface area contributed by atoms with Crippen LogP contribution in [0.15, 0.2) is 59.2 Å². The van der Waals surface area contributed by atoms with Crippen molar-refractivity contribution in [2.45, 2.75) is 0 Å². The Balaban J connectivity index is 2.15. The van der Waals surface area contributed by atoms with Crippen LogP contribution in [0.4, 0.5) is 0 Å². The Kier molecular flexibility index (Phi) is 3.06. The van der Waals surface area contributed by atoms with Gasteiger partial charge in [-0.05, 0) is 42.0 Å². The average Bonchev–Trinajstić information content (AvgIpc) is 2.38. The molecule has 0 spiro atoms. The molecular weight excluding hydrogens is 310 g/mol. The molecule has 18 heavy (non-hydrogen) atoms. The van der Waals surface area contributed by atoms with E-state index in [1.54, 1.807) is 0 Å². The third kappa shape index (κ3) is 2.26. The molecular formula is C15H9BrClN. The molecule has 0 amide bonds. The molecule has 1 nitrogen and oxygen atoms in total. The number of nitrogens with zero attached hydrogens (tertiary/aromatic N) is 1. The van der Waals surface area contributed by atoms with E-state index in [0.29, 0.717) is 0 Å². The minimum absolute atomic E-state index is 0.746. The van der Waals surface area contributed by atoms with Gasteiger partial charge in [0.25, 0.3) is 0 Å². The van der Waals surface area contributed by atoms with Crippen molar-refractivity contribution < 1.29 is 0 Å². The molecule has 0 fully saturated rings. The third-order valence-electron chi connectivity index (χ3n) is 2.82. The van der Waals surface area contributed by atoms with E-state index in [1.807, 2.05) is 42.6 Å². The summed E-state index contributed by atoms with van der Waals surface area (Å²) in [5, 5.41) is 1.87. The molecule has 0 unspecified atom stereocenters. The molecule has 0 saturated heterocycles. The monoisotopic (exact) mass is 317 g/mol. The molecule has 0 bridgehead atoms. The van der Waals surface area contributed by atoms with Crippen molar-refractivity contribution in [3.8, 4) is 11.1 Å². The fourth-order valence-corrected chi connectivity index (χ4v) is 2.41. The Morgan fingerprint density at radius 1 is 0.889 bits per heavy atom. The quantitative estimate of drug-likeness (QED) is 0.592. The lowest BCUT2D eigenvalue weighted by molar-refractivity contribution is 1.40. The highest BCUT2D eigenvalue weighted by atomic mass is 79.9. The molecule has 3 rings (SSSR count). The van der Waals surface area contributed by atoms with Crippen LogP contribution in [0.3, 0.4) is 0 Å². The van der Waals surface area contributed by atoms with Crippen LogP contribution >= 0.6 is 27.5 Å². The topological polar surface area (TPSA) is 12.9 Å². The van der Waals surface area contributed by atoms with Crippen molar-refractivity contribution in [3.63, 3.8) is 0 Å². The summed E-state index contributed by atoms with van der Waals surface area (Å²) in [6, 6.07) is 16.0. The van der Waals surface area contributed by atoms with E-state index in [-0.39, 0.29) is 0 Å². The normalized spacial score (nSPS) is 10.8. The maximum Gasteiger partial charge on any atom is 0.0703 e. The van der Waals surface area contributed by atoms with Gasteiger partial charge in [0.15, 0.2) is 0 Å². The van der Waals surface area contributed by atoms with Gasteiger partial charge in [0.05, 0.1) is 5.52 Å². The van der Waals surface area contributed by atoms with Crippen LogP contribution in [0.5, 0.6) is 0 Å². The number of hydrogen-bond donors (Lipinski definition) is 0. The van der Waals surface area contributed by atoms with E-state index < -0.39 is 0 Å². The molecule has 1 heterocycles. The Morgan fingerprint density at radius 2 is 1.67 bits per heavy atom. The van der Waals surface area contributed by atoms with Crippen molar-refractivity contribution in [1.29, 1.82) is 0 Å². The fraction of sp³-hybridized carbons (Fsp3) is 0. The van der Waals surface area contributed by atoms with E-state index in [0.717, 1.165) is 31.5 Å². The Hall–Kier alpha value is -1.38. The molecule has 0 saturated carbocycles. The molecule has 0 aliphatic rings. The van der Waals surface area contributed by atoms with Crippen molar-refractivity contribution in [3.05, 3.63) is 64.2 Å². The SMILES string of the molecule is Clc1ccc(-c2cnc3ccc(Br)cc3c2)cc1. The lowest BCUT2D eigenvalue weighted by atomic mass is 10.1. The number of benzene rings is 2. The van der Waals surface area contributed by atoms with Gasteiger partial charge in [-0.2, -0.15) is 0 Å². The van der Waals surface area contributed by atoms with E-state index in [2.05, 4.69) is 33.0 Å². The molecule has 0 N–H and O–H groups in total. The van der Waals surface area contributed by atoms with Crippen molar-refractivity contribution in [1.82, 2.24) is 4.98 Å². The number of aromatic nitrogens is 1. The maximum absolute atomic E-state index is 5.89. The van der Waals surface area contributed by atoms with Crippen LogP contribution in [0, 0.1) is 0 Å². The fourth-order valence-electron chi connectivity index (χ4n) is 1.90. The second kappa shape index (κ2) is 4.71. The van der Waals surface area contributed by atoms with Gasteiger partial charge in [0.1, 0.15) is 0 Å². The first-order chi connectivity index (χ1) is 8.72. The minimum atomic E-state index is 0.746. The second-order valence-corrected chi connectivity index (χ2v) is 5.42. The predicted molar refractivity (Wildman–Crippen MR) is 79.9 cm³/mol. The molecule has 1 aromatic heterocycles. The second-order valence-electron chi connectivity index (χ2n) is 4.07. The first-order valence-corrected chi connectivity index (χ1v) is 6.71. The minimum Gasteiger partial charge on any atom is -0.256 e. The predicted octanol–water partition coefficient (Wildman–Crippen LogP) is 5.32. The number of pyridine rings is 1. The first kappa shape index (κ1) is 11.7. The summed E-state index contributed by atoms with van der Waals surface area (Å²) in [7, 11) is 0. The van der Waals surface area contributed by atoms with Crippen LogP contribution in [0.2, 0.25) is 5.02 Å². The summed E-state index contributed by atoms with van der Waals surface area (Å²) in [4.78, 5) is 4.47. The Labute approximate surface area is 119 Å². The van der Waals surface area contributed by atoms with Gasteiger partial charge in [-0.25, -0.2) is 0 Å². The van der Waals surface area contributed by atoms with E-state index >= 15 is 0 Å². The maximum atomic E-state index is 5.89. The zero-order chi connectivity index (χ0) is 12.5. The van der Waals surface area contributed by atoms with Gasteiger partial charge < -0.3 is 0 Å². The van der Waals surface area contributed by atoms with Gasteiger partial charge in [0.2, 0.25) is 0 Å². The largest absolute Gasteiger partial charge is 0.256 e. The Bertz CT molecular complexity index is 707. The van der Waals surface area contributed by atoms with Crippen molar-refractivity contribution in [2.75, 3.05) is 0 Å². The van der Waals surface area contributed by atoms with Crippen LogP contribution < -0.4 is 0 Å². The van der Waals surface area contributed by atoms with Crippen LogP contribution in [-0.4, -0.2) is 4.98 Å². The third-order valence-corrected chi connectivity index (χ3v) is 3.57. The molecule has 0 atom stereocenters. The molecule has 88 valence electrons. The van der Waals surface area contributed by atoms with Crippen LogP contribution in [-0.2, 0) is 0 Å². The molecule has 0 radical (unpaired) electrons. The molecule has 3 heteroatoms. The van der Waals surface area contributed by atoms with Crippen LogP contribution in [0.25, 0.3) is 22.0 Å². The van der Waals surface area contributed by atoms with Gasteiger partial charge in [0, 0.05) is 26.6 Å². The summed E-state index contributed by atoms with van der Waals surface area (Å²) in [5.74, 6) is 0. The lowest BCUT2D eigenvalue weighted by Crippen LogP contribution is -1.83. The van der Waals surface area contributed by atoms with Gasteiger partial charge in [-0.15, -0.1) is 0 Å². The molecule has 0 aliphatic heterocycles. The van der Waals surface area contributed by atoms with E-state index in [9.17, 15) is 0 Å². The van der Waals surface area contributed by atoms with Gasteiger partial charge in [-0.3, -0.25) is 4.98 Å². The summed E-state index contributed by atoms with van der Waals surface area (Å²) >= 11 is 9.37. The summed E-state index contributed by atoms with van der Waals surface area (Å²) in [5.41, 5.74) is 3.21. The lowest BCUT2D eigenvalue weighted by Gasteiger charge is -2.04. The highest BCUT2D eigenvalue weighted by molar-refractivity contribution is 9.10. The van der Waals surface area contributed by atoms with Crippen molar-refractivity contribution >= 4 is 38.4 Å². The van der Waals surface area contributed by atoms with E-state index in [1.165, 1.54) is 0 Å². The number of hydrogen-bond acceptors (Lipinski definition) is 1. The van der Waals surface area contributed by atoms with Gasteiger partial charge >= 0.3 is 0 Å². The summed E-state index contributed by atoms with van der Waals surface area (Å²) in [6.45, 7) is 0. The molecule has 2 aromatic carbocycles. The standard InChI is InChI=1S/C15H9BrClN/c16-13-3-6-15-11(8-13)7-12(9-18-15)10-1-4-14(17)5-2-10/h1-9H. The highest BCUT2D eigenvalue weighted by Crippen LogP contribution is 2.25. The average molecular weight is 319 g/mol. The highest BCUT2D eigenvalue weighted by Gasteiger charge is 2.01. The summed E-state index contributed by atoms with van der Waals surface area (Å²) in [6.07, 6.45) is 1.89. The molecule has 0 aliphatic carbocycles. The van der Waals surface area contributed by atoms with Crippen LogP contribution in [0.1, 0.15) is 0 Å². The summed E-state index contributed by atoms with van der Waals surface area (Å²) < 4.78 is 1.06. The number of halogens is 2. The molecule has 3 aromatic rings. The van der Waals surface area contributed by atoms with E-state index in [4.69, 9.17) is 11.6 Å². The zero-order valence-corrected chi connectivity index (χ0v) is 11.7. The van der Waals surface area contributed by atoms with Crippen molar-refractivity contribution in [2.24, 2.45) is 0 Å². The smallest absolute Gasteiger partial charge is 0.0703 e. The van der Waals surface area contributed by atoms with Gasteiger partial charge in [-0.1, -0.05) is 39.7 Å². The number of rotatable bonds is 1. The zero-order valence-electron chi connectivity index (χ0n) is 9.40. The first-order valence-electron chi connectivity index (χ1n) is 5.54. The number of fused-ring (bicyclic) bond motifs is 1.